The van der Waals surface area contributed by atoms with Crippen molar-refractivity contribution in [1.29, 1.82) is 0 Å². The molecule has 0 spiro atoms. The molecule has 3 rings (SSSR count). The minimum atomic E-state index is -0.555. The van der Waals surface area contributed by atoms with E-state index < -0.39 is 12.1 Å². The monoisotopic (exact) mass is 373 g/mol. The second kappa shape index (κ2) is 8.26. The maximum Gasteiger partial charge on any atom is 0.411 e. The van der Waals surface area contributed by atoms with Gasteiger partial charge in [0.25, 0.3) is 5.89 Å². The number of carbonyl (C=O) groups excluding carboxylic acids is 2. The van der Waals surface area contributed by atoms with E-state index in [9.17, 15) is 9.59 Å². The highest BCUT2D eigenvalue weighted by Gasteiger charge is 2.13. The Morgan fingerprint density at radius 1 is 1.19 bits per heavy atom. The highest BCUT2D eigenvalue weighted by molar-refractivity contribution is 7.13. The molecule has 0 unspecified atom stereocenters. The van der Waals surface area contributed by atoms with Gasteiger partial charge in [-0.1, -0.05) is 11.2 Å². The SMILES string of the molecule is CCOC(=O)Nc1ccc(C(=O)OCc2nc(-c3cccs3)no2)cc1. The van der Waals surface area contributed by atoms with Crippen LogP contribution in [-0.4, -0.2) is 28.8 Å². The molecule has 1 amide bonds. The van der Waals surface area contributed by atoms with E-state index >= 15 is 0 Å². The number of nitrogens with one attached hydrogen (secondary N) is 1. The second-order valence-electron chi connectivity index (χ2n) is 4.99. The quantitative estimate of drug-likeness (QED) is 0.657. The Labute approximate surface area is 152 Å². The van der Waals surface area contributed by atoms with E-state index in [1.807, 2.05) is 17.5 Å². The van der Waals surface area contributed by atoms with Gasteiger partial charge in [0.15, 0.2) is 6.61 Å². The number of hydrogen-bond acceptors (Lipinski definition) is 8. The average Bonchev–Trinajstić information content (AvgIpc) is 3.32. The number of carbonyl (C=O) groups is 2. The van der Waals surface area contributed by atoms with Gasteiger partial charge in [-0.3, -0.25) is 5.32 Å². The summed E-state index contributed by atoms with van der Waals surface area (Å²) < 4.78 is 15.0. The number of benzene rings is 1. The molecule has 1 N–H and O–H groups in total. The van der Waals surface area contributed by atoms with E-state index in [2.05, 4.69) is 15.5 Å². The number of thiophene rings is 1. The van der Waals surface area contributed by atoms with E-state index in [0.29, 0.717) is 17.1 Å². The van der Waals surface area contributed by atoms with Gasteiger partial charge < -0.3 is 14.0 Å². The third-order valence-electron chi connectivity index (χ3n) is 3.18. The topological polar surface area (TPSA) is 104 Å². The maximum absolute atomic E-state index is 12.1. The van der Waals surface area contributed by atoms with Gasteiger partial charge >= 0.3 is 12.1 Å². The first-order valence-corrected chi connectivity index (χ1v) is 8.61. The summed E-state index contributed by atoms with van der Waals surface area (Å²) in [5.74, 6) is 0.131. The highest BCUT2D eigenvalue weighted by Crippen LogP contribution is 2.21. The fourth-order valence-electron chi connectivity index (χ4n) is 2.00. The number of amides is 1. The van der Waals surface area contributed by atoms with Gasteiger partial charge in [0.2, 0.25) is 5.82 Å². The molecule has 0 saturated heterocycles. The summed E-state index contributed by atoms with van der Waals surface area (Å²) >= 11 is 1.49. The van der Waals surface area contributed by atoms with Crippen molar-refractivity contribution < 1.29 is 23.6 Å². The van der Waals surface area contributed by atoms with Crippen LogP contribution in [0, 0.1) is 0 Å². The van der Waals surface area contributed by atoms with Crippen molar-refractivity contribution >= 4 is 29.1 Å². The van der Waals surface area contributed by atoms with Crippen molar-refractivity contribution in [3.63, 3.8) is 0 Å². The standard InChI is InChI=1S/C17H15N3O5S/c1-2-23-17(22)18-12-7-5-11(6-8-12)16(21)24-10-14-19-15(20-25-14)13-4-3-9-26-13/h3-9H,2,10H2,1H3,(H,18,22). The summed E-state index contributed by atoms with van der Waals surface area (Å²) in [6, 6.07) is 9.99. The molecule has 0 radical (unpaired) electrons. The van der Waals surface area contributed by atoms with Gasteiger partial charge in [0.1, 0.15) is 0 Å². The number of aromatic nitrogens is 2. The summed E-state index contributed by atoms with van der Waals surface area (Å²) in [4.78, 5) is 28.4. The van der Waals surface area contributed by atoms with Crippen molar-refractivity contribution in [1.82, 2.24) is 10.1 Å². The van der Waals surface area contributed by atoms with Crippen LogP contribution >= 0.6 is 11.3 Å². The van der Waals surface area contributed by atoms with E-state index in [0.717, 1.165) is 4.88 Å². The van der Waals surface area contributed by atoms with Crippen LogP contribution in [0.2, 0.25) is 0 Å². The molecule has 8 nitrogen and oxygen atoms in total. The van der Waals surface area contributed by atoms with Crippen LogP contribution in [0.4, 0.5) is 10.5 Å². The van der Waals surface area contributed by atoms with E-state index in [1.165, 1.54) is 23.5 Å². The van der Waals surface area contributed by atoms with Gasteiger partial charge in [0.05, 0.1) is 17.0 Å². The zero-order valence-electron chi connectivity index (χ0n) is 13.8. The molecule has 0 saturated carbocycles. The van der Waals surface area contributed by atoms with Crippen LogP contribution in [0.5, 0.6) is 0 Å². The van der Waals surface area contributed by atoms with E-state index in [4.69, 9.17) is 14.0 Å². The molecule has 2 aromatic heterocycles. The number of anilines is 1. The third kappa shape index (κ3) is 4.45. The summed E-state index contributed by atoms with van der Waals surface area (Å²) in [5, 5.41) is 8.29. The zero-order valence-corrected chi connectivity index (χ0v) is 14.6. The Balaban J connectivity index is 1.54. The average molecular weight is 373 g/mol. The van der Waals surface area contributed by atoms with E-state index in [-0.39, 0.29) is 19.1 Å². The van der Waals surface area contributed by atoms with Gasteiger partial charge in [0, 0.05) is 5.69 Å². The van der Waals surface area contributed by atoms with Crippen LogP contribution in [0.15, 0.2) is 46.3 Å². The molecule has 0 bridgehead atoms. The Bertz CT molecular complexity index is 874. The summed E-state index contributed by atoms with van der Waals surface area (Å²) in [7, 11) is 0. The number of rotatable bonds is 6. The summed E-state index contributed by atoms with van der Waals surface area (Å²) in [6.07, 6.45) is -0.555. The second-order valence-corrected chi connectivity index (χ2v) is 5.94. The highest BCUT2D eigenvalue weighted by atomic mass is 32.1. The first-order chi connectivity index (χ1) is 12.7. The first kappa shape index (κ1) is 17.6. The van der Waals surface area contributed by atoms with Crippen molar-refractivity contribution in [3.05, 3.63) is 53.2 Å². The van der Waals surface area contributed by atoms with Crippen LogP contribution < -0.4 is 5.32 Å². The Morgan fingerprint density at radius 3 is 2.69 bits per heavy atom. The Kier molecular flexibility index (Phi) is 5.59. The summed E-state index contributed by atoms with van der Waals surface area (Å²) in [6.45, 7) is 1.87. The molecular formula is C17H15N3O5S. The fourth-order valence-corrected chi connectivity index (χ4v) is 2.65. The molecule has 1 aromatic carbocycles. The lowest BCUT2D eigenvalue weighted by Crippen LogP contribution is -2.13. The fraction of sp³-hybridized carbons (Fsp3) is 0.176. The molecule has 9 heteroatoms. The van der Waals surface area contributed by atoms with E-state index in [1.54, 1.807) is 19.1 Å². The molecule has 26 heavy (non-hydrogen) atoms. The van der Waals surface area contributed by atoms with Crippen LogP contribution in [0.25, 0.3) is 10.7 Å². The lowest BCUT2D eigenvalue weighted by Gasteiger charge is -2.06. The van der Waals surface area contributed by atoms with Crippen molar-refractivity contribution in [2.75, 3.05) is 11.9 Å². The van der Waals surface area contributed by atoms with Crippen LogP contribution in [0.1, 0.15) is 23.2 Å². The molecule has 134 valence electrons. The predicted molar refractivity (Wildman–Crippen MR) is 93.8 cm³/mol. The normalized spacial score (nSPS) is 10.3. The lowest BCUT2D eigenvalue weighted by atomic mass is 10.2. The largest absolute Gasteiger partial charge is 0.452 e. The van der Waals surface area contributed by atoms with Crippen LogP contribution in [-0.2, 0) is 16.1 Å². The zero-order chi connectivity index (χ0) is 18.4. The van der Waals surface area contributed by atoms with Crippen molar-refractivity contribution in [2.45, 2.75) is 13.5 Å². The molecule has 0 aliphatic rings. The molecule has 0 fully saturated rings. The predicted octanol–water partition coefficient (Wildman–Crippen LogP) is 3.72. The first-order valence-electron chi connectivity index (χ1n) is 7.73. The molecular weight excluding hydrogens is 358 g/mol. The maximum atomic E-state index is 12.1. The molecule has 0 aliphatic heterocycles. The Hall–Kier alpha value is -3.20. The summed E-state index contributed by atoms with van der Waals surface area (Å²) in [5.41, 5.74) is 0.842. The minimum Gasteiger partial charge on any atom is -0.452 e. The number of esters is 1. The smallest absolute Gasteiger partial charge is 0.411 e. The van der Waals surface area contributed by atoms with Gasteiger partial charge in [-0.25, -0.2) is 9.59 Å². The number of nitrogens with zero attached hydrogens (tertiary/aromatic N) is 2. The van der Waals surface area contributed by atoms with Crippen molar-refractivity contribution in [3.8, 4) is 10.7 Å². The number of ether oxygens (including phenoxy) is 2. The van der Waals surface area contributed by atoms with Gasteiger partial charge in [-0.15, -0.1) is 11.3 Å². The molecule has 2 heterocycles. The Morgan fingerprint density at radius 2 is 2.00 bits per heavy atom. The molecule has 3 aromatic rings. The minimum absolute atomic E-state index is 0.125. The van der Waals surface area contributed by atoms with Crippen LogP contribution in [0.3, 0.4) is 0 Å². The third-order valence-corrected chi connectivity index (χ3v) is 4.04. The van der Waals surface area contributed by atoms with Gasteiger partial charge in [-0.2, -0.15) is 4.98 Å². The van der Waals surface area contributed by atoms with Crippen molar-refractivity contribution in [2.24, 2.45) is 0 Å². The van der Waals surface area contributed by atoms with Gasteiger partial charge in [-0.05, 0) is 42.6 Å². The number of hydrogen-bond donors (Lipinski definition) is 1. The lowest BCUT2D eigenvalue weighted by molar-refractivity contribution is 0.0430. The molecule has 0 atom stereocenters. The molecule has 0 aliphatic carbocycles.